The van der Waals surface area contributed by atoms with Crippen LogP contribution < -0.4 is 9.60 Å². The molecule has 0 fully saturated rings. The quantitative estimate of drug-likeness (QED) is 0.181. The third-order valence-electron chi connectivity index (χ3n) is 4.32. The van der Waals surface area contributed by atoms with Crippen molar-refractivity contribution in [2.75, 3.05) is 19.6 Å². The van der Waals surface area contributed by atoms with Crippen molar-refractivity contribution in [2.45, 2.75) is 97.8 Å². The fourth-order valence-corrected chi connectivity index (χ4v) is 3.04. The van der Waals surface area contributed by atoms with E-state index in [1.54, 1.807) is 4.90 Å². The van der Waals surface area contributed by atoms with Crippen LogP contribution in [0.4, 0.5) is 12.9 Å². The molecule has 26 heavy (non-hydrogen) atoms. The van der Waals surface area contributed by atoms with Gasteiger partial charge in [-0.3, -0.25) is 12.9 Å². The van der Waals surface area contributed by atoms with E-state index >= 15 is 0 Å². The van der Waals surface area contributed by atoms with E-state index in [4.69, 9.17) is 0 Å². The summed E-state index contributed by atoms with van der Waals surface area (Å²) in [6.07, 6.45) is 16.9. The van der Waals surface area contributed by atoms with Crippen LogP contribution in [0.25, 0.3) is 0 Å². The van der Waals surface area contributed by atoms with Crippen molar-refractivity contribution in [3.63, 3.8) is 0 Å². The highest BCUT2D eigenvalue weighted by Crippen LogP contribution is 2.05. The zero-order valence-electron chi connectivity index (χ0n) is 17.4. The Morgan fingerprint density at radius 2 is 1.04 bits per heavy atom. The molecule has 0 atom stereocenters. The topological polar surface area (TPSA) is 4.44 Å². The van der Waals surface area contributed by atoms with E-state index in [1.165, 1.54) is 102 Å². The summed E-state index contributed by atoms with van der Waals surface area (Å²) in [4.78, 5) is 1.77. The van der Waals surface area contributed by atoms with Crippen molar-refractivity contribution in [1.82, 2.24) is 0 Å². The molecule has 0 amide bonds. The average Bonchev–Trinajstić information content (AvgIpc) is 2.52. The minimum atomic E-state index is -3.67. The van der Waals surface area contributed by atoms with Crippen LogP contribution in [0.3, 0.4) is 0 Å². The number of rotatable bonds is 16. The molecule has 1 N–H and O–H groups in total. The minimum Gasteiger partial charge on any atom is -1.00 e. The third kappa shape index (κ3) is 31.3. The van der Waals surface area contributed by atoms with Gasteiger partial charge in [0.1, 0.15) is 0 Å². The van der Waals surface area contributed by atoms with Gasteiger partial charge in [0, 0.05) is 0 Å². The lowest BCUT2D eigenvalue weighted by Crippen LogP contribution is -3.12. The summed E-state index contributed by atoms with van der Waals surface area (Å²) in [5.41, 5.74) is 1.35. The summed E-state index contributed by atoms with van der Waals surface area (Å²) >= 11 is 0. The van der Waals surface area contributed by atoms with Crippen LogP contribution in [-0.2, 0) is 0 Å². The standard InChI is InChI=1S/C20H41N.BF3.FH/c1-5-7-9-11-13-15-17-21(19-20(3)4)18-16-14-12-10-8-6-2;2-1(3)4;/h3,5-19H2,1-2,4H3;;1H. The smallest absolute Gasteiger partial charge is 0.762 e. The molecule has 0 rings (SSSR count). The van der Waals surface area contributed by atoms with E-state index in [0.29, 0.717) is 0 Å². The first-order valence-corrected chi connectivity index (χ1v) is 10.3. The molecule has 6 heteroatoms. The first-order valence-electron chi connectivity index (χ1n) is 10.3. The molecule has 0 bridgehead atoms. The SMILES string of the molecule is C=C(C)C[NH+](CCCCCCCC)CCCCCCCC.FB(F)F.[F-]. The molecule has 158 valence electrons. The Balaban J connectivity index is -0.000000951. The Morgan fingerprint density at radius 3 is 1.35 bits per heavy atom. The second-order valence-corrected chi connectivity index (χ2v) is 7.17. The van der Waals surface area contributed by atoms with Crippen molar-refractivity contribution >= 4 is 7.54 Å². The lowest BCUT2D eigenvalue weighted by molar-refractivity contribution is -0.895. The molecule has 0 unspecified atom stereocenters. The molecule has 0 aliphatic rings. The number of hydrogen-bond donors (Lipinski definition) is 1. The molecule has 0 aliphatic heterocycles. The lowest BCUT2D eigenvalue weighted by Gasteiger charge is -2.19. The summed E-state index contributed by atoms with van der Waals surface area (Å²) in [6.45, 7) is 14.8. The van der Waals surface area contributed by atoms with E-state index < -0.39 is 7.54 Å². The molecule has 0 aromatic carbocycles. The van der Waals surface area contributed by atoms with Crippen molar-refractivity contribution in [2.24, 2.45) is 0 Å². The number of quaternary nitrogens is 1. The zero-order chi connectivity index (χ0) is 19.3. The minimum absolute atomic E-state index is 0. The lowest BCUT2D eigenvalue weighted by atomic mass is 10.1. The molecule has 0 aromatic rings. The summed E-state index contributed by atoms with van der Waals surface area (Å²) in [6, 6.07) is 0. The van der Waals surface area contributed by atoms with Crippen molar-refractivity contribution < 1.29 is 22.6 Å². The van der Waals surface area contributed by atoms with E-state index in [0.717, 1.165) is 0 Å². The van der Waals surface area contributed by atoms with E-state index in [2.05, 4.69) is 27.4 Å². The normalized spacial score (nSPS) is 10.1. The van der Waals surface area contributed by atoms with Gasteiger partial charge in [-0.25, -0.2) is 0 Å². The van der Waals surface area contributed by atoms with Gasteiger partial charge in [-0.1, -0.05) is 71.8 Å². The van der Waals surface area contributed by atoms with E-state index in [1.807, 2.05) is 0 Å². The maximum absolute atomic E-state index is 9.67. The van der Waals surface area contributed by atoms with Crippen molar-refractivity contribution in [3.8, 4) is 0 Å². The fraction of sp³-hybridized carbons (Fsp3) is 0.900. The average molecular weight is 383 g/mol. The number of hydrogen-bond acceptors (Lipinski definition) is 0. The molecule has 0 aliphatic carbocycles. The van der Waals surface area contributed by atoms with Gasteiger partial charge in [0.15, 0.2) is 0 Å². The Morgan fingerprint density at radius 1 is 0.731 bits per heavy atom. The second-order valence-electron chi connectivity index (χ2n) is 7.17. The highest BCUT2D eigenvalue weighted by atomic mass is 19.4. The summed E-state index contributed by atoms with van der Waals surface area (Å²) in [5, 5.41) is 0. The van der Waals surface area contributed by atoms with Gasteiger partial charge in [-0.05, 0) is 38.2 Å². The maximum atomic E-state index is 9.67. The Bertz CT molecular complexity index is 260. The van der Waals surface area contributed by atoms with Gasteiger partial charge in [0.2, 0.25) is 0 Å². The summed E-state index contributed by atoms with van der Waals surface area (Å²) in [7, 11) is -3.67. The largest absolute Gasteiger partial charge is 1.00 e. The monoisotopic (exact) mass is 383 g/mol. The molecule has 0 aromatic heterocycles. The van der Waals surface area contributed by atoms with Crippen molar-refractivity contribution in [3.05, 3.63) is 12.2 Å². The summed E-state index contributed by atoms with van der Waals surface area (Å²) in [5.74, 6) is 0. The molecule has 0 heterocycles. The van der Waals surface area contributed by atoms with Gasteiger partial charge in [-0.15, -0.1) is 0 Å². The Hall–Kier alpha value is -0.515. The second kappa shape index (κ2) is 24.5. The first kappa shape index (κ1) is 30.2. The predicted molar refractivity (Wildman–Crippen MR) is 106 cm³/mol. The molecule has 0 spiro atoms. The Labute approximate surface area is 160 Å². The highest BCUT2D eigenvalue weighted by Gasteiger charge is 2.08. The van der Waals surface area contributed by atoms with Gasteiger partial charge in [-0.2, -0.15) is 0 Å². The van der Waals surface area contributed by atoms with Crippen LogP contribution in [0.1, 0.15) is 97.8 Å². The maximum Gasteiger partial charge on any atom is 0.762 e. The molecular weight excluding hydrogens is 341 g/mol. The molecule has 0 saturated heterocycles. The first-order chi connectivity index (χ1) is 11.9. The van der Waals surface area contributed by atoms with Crippen LogP contribution in [0.5, 0.6) is 0 Å². The number of unbranched alkanes of at least 4 members (excludes halogenated alkanes) is 10. The molecule has 0 saturated carbocycles. The van der Waals surface area contributed by atoms with Gasteiger partial charge in [0.25, 0.3) is 0 Å². The van der Waals surface area contributed by atoms with E-state index in [-0.39, 0.29) is 4.70 Å². The molecular formula is C20H42BF4N. The molecule has 1 nitrogen and oxygen atoms in total. The molecule has 0 radical (unpaired) electrons. The van der Waals surface area contributed by atoms with Gasteiger partial charge >= 0.3 is 7.54 Å². The third-order valence-corrected chi connectivity index (χ3v) is 4.32. The van der Waals surface area contributed by atoms with Crippen molar-refractivity contribution in [1.29, 1.82) is 0 Å². The number of nitrogens with one attached hydrogen (secondary N) is 1. The van der Waals surface area contributed by atoms with Crippen LogP contribution in [0, 0.1) is 0 Å². The summed E-state index contributed by atoms with van der Waals surface area (Å²) < 4.78 is 29.0. The Kier molecular flexibility index (Phi) is 28.5. The highest BCUT2D eigenvalue weighted by molar-refractivity contribution is 6.33. The number of halogens is 4. The van der Waals surface area contributed by atoms with Crippen LogP contribution in [0.2, 0.25) is 0 Å². The predicted octanol–water partition coefficient (Wildman–Crippen LogP) is 3.05. The zero-order valence-corrected chi connectivity index (χ0v) is 17.4. The van der Waals surface area contributed by atoms with Gasteiger partial charge < -0.3 is 9.60 Å². The fourth-order valence-electron chi connectivity index (χ4n) is 3.04. The van der Waals surface area contributed by atoms with Crippen LogP contribution in [0.15, 0.2) is 12.2 Å². The van der Waals surface area contributed by atoms with Crippen LogP contribution in [-0.4, -0.2) is 27.2 Å². The van der Waals surface area contributed by atoms with E-state index in [9.17, 15) is 12.9 Å². The van der Waals surface area contributed by atoms with Gasteiger partial charge in [0.05, 0.1) is 19.6 Å². The van der Waals surface area contributed by atoms with Crippen LogP contribution >= 0.6 is 0 Å².